The molecule has 1 heterocycles. The van der Waals surface area contributed by atoms with Crippen LogP contribution in [-0.4, -0.2) is 17.6 Å². The zero-order valence-electron chi connectivity index (χ0n) is 11.3. The van der Waals surface area contributed by atoms with Crippen LogP contribution < -0.4 is 10.6 Å². The summed E-state index contributed by atoms with van der Waals surface area (Å²) in [7, 11) is 0. The Balaban J connectivity index is 1.79. The molecule has 1 aliphatic heterocycles. The lowest BCUT2D eigenvalue weighted by Gasteiger charge is -2.18. The highest BCUT2D eigenvalue weighted by atomic mass is 79.9. The lowest BCUT2D eigenvalue weighted by molar-refractivity contribution is 0.102. The minimum absolute atomic E-state index is 0.0530. The molecule has 0 saturated heterocycles. The molecule has 0 unspecified atom stereocenters. The Morgan fingerprint density at radius 1 is 1.24 bits per heavy atom. The molecule has 0 aliphatic carbocycles. The summed E-state index contributed by atoms with van der Waals surface area (Å²) in [4.78, 5) is 12.2. The van der Waals surface area contributed by atoms with E-state index in [1.807, 2.05) is 18.2 Å². The van der Waals surface area contributed by atoms with Gasteiger partial charge in [0.15, 0.2) is 0 Å². The molecule has 4 nitrogen and oxygen atoms in total. The van der Waals surface area contributed by atoms with Gasteiger partial charge in [0.05, 0.1) is 4.47 Å². The molecular formula is C16H15BrN2O2. The topological polar surface area (TPSA) is 61.4 Å². The van der Waals surface area contributed by atoms with E-state index in [2.05, 4.69) is 26.6 Å². The number of amides is 1. The van der Waals surface area contributed by atoms with E-state index < -0.39 is 0 Å². The number of anilines is 2. The molecule has 3 rings (SSSR count). The Kier molecular flexibility index (Phi) is 3.84. The third-order valence-corrected chi connectivity index (χ3v) is 4.18. The molecule has 1 amide bonds. The molecule has 1 aliphatic rings. The van der Waals surface area contributed by atoms with Crippen LogP contribution in [0, 0.1) is 0 Å². The van der Waals surface area contributed by atoms with Gasteiger partial charge in [0.25, 0.3) is 5.91 Å². The molecule has 0 saturated carbocycles. The van der Waals surface area contributed by atoms with E-state index in [1.165, 1.54) is 11.6 Å². The summed E-state index contributed by atoms with van der Waals surface area (Å²) in [6, 6.07) is 10.6. The SMILES string of the molecule is O=C(Nc1ccc2c(c1)CCCN2)c1ccc(Br)c(O)c1. The van der Waals surface area contributed by atoms with Crippen molar-refractivity contribution < 1.29 is 9.90 Å². The van der Waals surface area contributed by atoms with Crippen molar-refractivity contribution >= 4 is 33.2 Å². The van der Waals surface area contributed by atoms with Crippen LogP contribution in [0.5, 0.6) is 5.75 Å². The largest absolute Gasteiger partial charge is 0.507 e. The van der Waals surface area contributed by atoms with Crippen molar-refractivity contribution in [3.05, 3.63) is 52.0 Å². The van der Waals surface area contributed by atoms with E-state index in [0.29, 0.717) is 10.0 Å². The maximum absolute atomic E-state index is 12.2. The predicted molar refractivity (Wildman–Crippen MR) is 87.0 cm³/mol. The molecule has 3 N–H and O–H groups in total. The molecule has 108 valence electrons. The number of carbonyl (C=O) groups excluding carboxylic acids is 1. The second kappa shape index (κ2) is 5.77. The maximum atomic E-state index is 12.2. The number of hydrogen-bond acceptors (Lipinski definition) is 3. The van der Waals surface area contributed by atoms with Gasteiger partial charge in [0, 0.05) is 23.5 Å². The van der Waals surface area contributed by atoms with Crippen molar-refractivity contribution in [2.24, 2.45) is 0 Å². The second-order valence-corrected chi connectivity index (χ2v) is 5.88. The van der Waals surface area contributed by atoms with Crippen LogP contribution in [-0.2, 0) is 6.42 Å². The Morgan fingerprint density at radius 2 is 2.10 bits per heavy atom. The molecule has 0 atom stereocenters. The number of carbonyl (C=O) groups is 1. The highest BCUT2D eigenvalue weighted by Gasteiger charge is 2.12. The third-order valence-electron chi connectivity index (χ3n) is 3.51. The summed E-state index contributed by atoms with van der Waals surface area (Å²) < 4.78 is 0.568. The minimum atomic E-state index is -0.235. The number of rotatable bonds is 2. The molecule has 0 fully saturated rings. The summed E-state index contributed by atoms with van der Waals surface area (Å²) >= 11 is 3.20. The summed E-state index contributed by atoms with van der Waals surface area (Å²) in [6.07, 6.45) is 2.12. The zero-order valence-corrected chi connectivity index (χ0v) is 12.9. The van der Waals surface area contributed by atoms with E-state index in [9.17, 15) is 9.90 Å². The Labute approximate surface area is 131 Å². The van der Waals surface area contributed by atoms with Crippen LogP contribution in [0.1, 0.15) is 22.3 Å². The molecule has 21 heavy (non-hydrogen) atoms. The zero-order chi connectivity index (χ0) is 14.8. The van der Waals surface area contributed by atoms with Crippen LogP contribution in [0.3, 0.4) is 0 Å². The summed E-state index contributed by atoms with van der Waals surface area (Å²) in [6.45, 7) is 0.997. The monoisotopic (exact) mass is 346 g/mol. The molecule has 2 aromatic rings. The molecule has 5 heteroatoms. The number of nitrogens with one attached hydrogen (secondary N) is 2. The minimum Gasteiger partial charge on any atom is -0.507 e. The first-order valence-electron chi connectivity index (χ1n) is 6.80. The quantitative estimate of drug-likeness (QED) is 0.775. The van der Waals surface area contributed by atoms with Crippen LogP contribution in [0.2, 0.25) is 0 Å². The summed E-state index contributed by atoms with van der Waals surface area (Å²) in [5, 5.41) is 15.8. The van der Waals surface area contributed by atoms with Gasteiger partial charge in [-0.3, -0.25) is 4.79 Å². The number of aryl methyl sites for hydroxylation is 1. The molecular weight excluding hydrogens is 332 g/mol. The van der Waals surface area contributed by atoms with E-state index in [4.69, 9.17) is 0 Å². The molecule has 0 aromatic heterocycles. The normalized spacial score (nSPS) is 13.2. The number of benzene rings is 2. The van der Waals surface area contributed by atoms with Gasteiger partial charge in [-0.05, 0) is 70.7 Å². The van der Waals surface area contributed by atoms with Gasteiger partial charge < -0.3 is 15.7 Å². The smallest absolute Gasteiger partial charge is 0.255 e. The Morgan fingerprint density at radius 3 is 2.90 bits per heavy atom. The fraction of sp³-hybridized carbons (Fsp3) is 0.188. The van der Waals surface area contributed by atoms with Gasteiger partial charge in [0.1, 0.15) is 5.75 Å². The van der Waals surface area contributed by atoms with Crippen LogP contribution in [0.4, 0.5) is 11.4 Å². The molecule has 0 spiro atoms. The van der Waals surface area contributed by atoms with Crippen molar-refractivity contribution in [1.82, 2.24) is 0 Å². The first-order valence-corrected chi connectivity index (χ1v) is 7.59. The van der Waals surface area contributed by atoms with Crippen molar-refractivity contribution in [1.29, 1.82) is 0 Å². The van der Waals surface area contributed by atoms with Crippen molar-refractivity contribution in [3.63, 3.8) is 0 Å². The maximum Gasteiger partial charge on any atom is 0.255 e. The number of fused-ring (bicyclic) bond motifs is 1. The number of halogens is 1. The number of hydrogen-bond donors (Lipinski definition) is 3. The van der Waals surface area contributed by atoms with E-state index in [1.54, 1.807) is 12.1 Å². The van der Waals surface area contributed by atoms with Gasteiger partial charge in [-0.1, -0.05) is 0 Å². The van der Waals surface area contributed by atoms with Gasteiger partial charge in [-0.2, -0.15) is 0 Å². The van der Waals surface area contributed by atoms with Gasteiger partial charge in [-0.15, -0.1) is 0 Å². The number of aromatic hydroxyl groups is 1. The van der Waals surface area contributed by atoms with Crippen LogP contribution >= 0.6 is 15.9 Å². The predicted octanol–water partition coefficient (Wildman–Crippen LogP) is 3.77. The second-order valence-electron chi connectivity index (χ2n) is 5.02. The van der Waals surface area contributed by atoms with Gasteiger partial charge >= 0.3 is 0 Å². The van der Waals surface area contributed by atoms with Crippen LogP contribution in [0.15, 0.2) is 40.9 Å². The number of phenolic OH excluding ortho intramolecular Hbond substituents is 1. The van der Waals surface area contributed by atoms with E-state index in [-0.39, 0.29) is 11.7 Å². The fourth-order valence-corrected chi connectivity index (χ4v) is 2.66. The Bertz CT molecular complexity index is 701. The summed E-state index contributed by atoms with van der Waals surface area (Å²) in [5.74, 6) is -0.182. The molecule has 0 radical (unpaired) electrons. The molecule has 0 bridgehead atoms. The van der Waals surface area contributed by atoms with Crippen molar-refractivity contribution in [3.8, 4) is 5.75 Å². The fourth-order valence-electron chi connectivity index (χ4n) is 2.41. The van der Waals surface area contributed by atoms with Crippen molar-refractivity contribution in [2.75, 3.05) is 17.2 Å². The third kappa shape index (κ3) is 3.03. The first-order chi connectivity index (χ1) is 10.1. The van der Waals surface area contributed by atoms with E-state index >= 15 is 0 Å². The van der Waals surface area contributed by atoms with Crippen LogP contribution in [0.25, 0.3) is 0 Å². The Hall–Kier alpha value is -2.01. The van der Waals surface area contributed by atoms with E-state index in [0.717, 1.165) is 30.8 Å². The van der Waals surface area contributed by atoms with Gasteiger partial charge in [0.2, 0.25) is 0 Å². The highest BCUT2D eigenvalue weighted by Crippen LogP contribution is 2.27. The first kappa shape index (κ1) is 13.9. The van der Waals surface area contributed by atoms with Gasteiger partial charge in [-0.25, -0.2) is 0 Å². The lowest BCUT2D eigenvalue weighted by atomic mass is 10.0. The highest BCUT2D eigenvalue weighted by molar-refractivity contribution is 9.10. The summed E-state index contributed by atoms with van der Waals surface area (Å²) in [5.41, 5.74) is 3.55. The average molecular weight is 347 g/mol. The standard InChI is InChI=1S/C16H15BrN2O2/c17-13-5-3-11(9-15(13)20)16(21)19-12-4-6-14-10(8-12)2-1-7-18-14/h3-6,8-9,18,20H,1-2,7H2,(H,19,21). The number of phenols is 1. The molecule has 2 aromatic carbocycles. The van der Waals surface area contributed by atoms with Crippen molar-refractivity contribution in [2.45, 2.75) is 12.8 Å². The lowest BCUT2D eigenvalue weighted by Crippen LogP contribution is -2.14. The average Bonchev–Trinajstić information content (AvgIpc) is 2.50.